The fraction of sp³-hybridized carbons (Fsp3) is 0.231. The fourth-order valence-corrected chi connectivity index (χ4v) is 1.95. The van der Waals surface area contributed by atoms with Crippen LogP contribution < -0.4 is 5.32 Å². The Morgan fingerprint density at radius 1 is 1.46 bits per heavy atom. The van der Waals surface area contributed by atoms with Crippen LogP contribution in [0.25, 0.3) is 0 Å². The summed E-state index contributed by atoms with van der Waals surface area (Å²) in [5.74, 6) is -0.728. The van der Waals surface area contributed by atoms with Gasteiger partial charge in [-0.2, -0.15) is 18.3 Å². The maximum Gasteiger partial charge on any atom is 0.416 e. The number of rotatable bonds is 4. The van der Waals surface area contributed by atoms with Gasteiger partial charge >= 0.3 is 11.9 Å². The number of benzene rings is 1. The van der Waals surface area contributed by atoms with Gasteiger partial charge in [-0.1, -0.05) is 11.6 Å². The third kappa shape index (κ3) is 3.82. The monoisotopic (exact) mass is 362 g/mol. The Morgan fingerprint density at radius 3 is 2.67 bits per heavy atom. The van der Waals surface area contributed by atoms with Gasteiger partial charge in [0.2, 0.25) is 5.91 Å². The normalized spacial score (nSPS) is 12.7. The van der Waals surface area contributed by atoms with E-state index in [0.29, 0.717) is 6.07 Å². The highest BCUT2D eigenvalue weighted by Crippen LogP contribution is 2.34. The molecule has 1 aromatic heterocycles. The first-order valence-corrected chi connectivity index (χ1v) is 6.83. The fourth-order valence-electron chi connectivity index (χ4n) is 1.79. The van der Waals surface area contributed by atoms with Gasteiger partial charge in [0.15, 0.2) is 0 Å². The molecule has 0 aliphatic carbocycles. The van der Waals surface area contributed by atoms with Gasteiger partial charge in [-0.15, -0.1) is 0 Å². The predicted molar refractivity (Wildman–Crippen MR) is 78.7 cm³/mol. The SMILES string of the molecule is C[C@@H](C(=O)Nc1cc(C(F)(F)F)ccc1Cl)n1cc([N+](=O)[O-])cn1. The molecule has 11 heteroatoms. The molecule has 0 fully saturated rings. The molecule has 0 saturated carbocycles. The van der Waals surface area contributed by atoms with E-state index < -0.39 is 28.6 Å². The van der Waals surface area contributed by atoms with Crippen LogP contribution in [0.5, 0.6) is 0 Å². The Balaban J connectivity index is 2.20. The maximum atomic E-state index is 12.7. The minimum atomic E-state index is -4.59. The van der Waals surface area contributed by atoms with Crippen molar-refractivity contribution in [2.24, 2.45) is 0 Å². The van der Waals surface area contributed by atoms with Crippen LogP contribution >= 0.6 is 11.6 Å². The Kier molecular flexibility index (Phi) is 4.78. The lowest BCUT2D eigenvalue weighted by Gasteiger charge is -2.15. The number of hydrogen-bond acceptors (Lipinski definition) is 4. The predicted octanol–water partition coefficient (Wildman–Crippen LogP) is 3.66. The summed E-state index contributed by atoms with van der Waals surface area (Å²) in [6.07, 6.45) is -2.59. The van der Waals surface area contributed by atoms with Crippen molar-refractivity contribution in [1.29, 1.82) is 0 Å². The van der Waals surface area contributed by atoms with Crippen LogP contribution in [-0.4, -0.2) is 20.6 Å². The Morgan fingerprint density at radius 2 is 2.12 bits per heavy atom. The number of halogens is 4. The molecule has 2 aromatic rings. The molecule has 7 nitrogen and oxygen atoms in total. The molecule has 24 heavy (non-hydrogen) atoms. The highest BCUT2D eigenvalue weighted by molar-refractivity contribution is 6.33. The lowest BCUT2D eigenvalue weighted by Crippen LogP contribution is -2.24. The highest BCUT2D eigenvalue weighted by atomic mass is 35.5. The number of amides is 1. The molecule has 0 saturated heterocycles. The molecule has 128 valence electrons. The van der Waals surface area contributed by atoms with Crippen molar-refractivity contribution in [3.8, 4) is 0 Å². The highest BCUT2D eigenvalue weighted by Gasteiger charge is 2.31. The van der Waals surface area contributed by atoms with E-state index in [4.69, 9.17) is 11.6 Å². The van der Waals surface area contributed by atoms with E-state index in [-0.39, 0.29) is 16.4 Å². The van der Waals surface area contributed by atoms with Crippen LogP contribution in [0.3, 0.4) is 0 Å². The van der Waals surface area contributed by atoms with Crippen LogP contribution in [0.4, 0.5) is 24.5 Å². The molecule has 0 aliphatic heterocycles. The number of nitrogens with zero attached hydrogens (tertiary/aromatic N) is 3. The molecule has 1 aromatic carbocycles. The van der Waals surface area contributed by atoms with Crippen molar-refractivity contribution in [3.63, 3.8) is 0 Å². The number of hydrogen-bond donors (Lipinski definition) is 1. The zero-order chi connectivity index (χ0) is 18.1. The second kappa shape index (κ2) is 6.48. The molecule has 1 atom stereocenters. The smallest absolute Gasteiger partial charge is 0.323 e. The number of nitrogens with one attached hydrogen (secondary N) is 1. The van der Waals surface area contributed by atoms with Crippen LogP contribution in [-0.2, 0) is 11.0 Å². The third-order valence-electron chi connectivity index (χ3n) is 3.13. The number of anilines is 1. The van der Waals surface area contributed by atoms with Crippen molar-refractivity contribution in [3.05, 3.63) is 51.3 Å². The van der Waals surface area contributed by atoms with Crippen LogP contribution in [0.15, 0.2) is 30.6 Å². The second-order valence-electron chi connectivity index (χ2n) is 4.79. The number of alkyl halides is 3. The Hall–Kier alpha value is -2.62. The molecule has 0 aliphatic rings. The van der Waals surface area contributed by atoms with Crippen LogP contribution in [0, 0.1) is 10.1 Å². The van der Waals surface area contributed by atoms with Gasteiger partial charge in [-0.05, 0) is 25.1 Å². The summed E-state index contributed by atoms with van der Waals surface area (Å²) in [4.78, 5) is 22.0. The lowest BCUT2D eigenvalue weighted by atomic mass is 10.2. The molecular formula is C13H10ClF3N4O3. The van der Waals surface area contributed by atoms with E-state index >= 15 is 0 Å². The maximum absolute atomic E-state index is 12.7. The van der Waals surface area contributed by atoms with E-state index in [1.54, 1.807) is 0 Å². The molecular weight excluding hydrogens is 353 g/mol. The number of aromatic nitrogens is 2. The van der Waals surface area contributed by atoms with Crippen molar-refractivity contribution in [1.82, 2.24) is 9.78 Å². The van der Waals surface area contributed by atoms with Gasteiger partial charge in [-0.25, -0.2) is 0 Å². The number of carbonyl (C=O) groups is 1. The molecule has 0 radical (unpaired) electrons. The van der Waals surface area contributed by atoms with Gasteiger partial charge < -0.3 is 5.32 Å². The average Bonchev–Trinajstić information content (AvgIpc) is 2.97. The zero-order valence-corrected chi connectivity index (χ0v) is 12.8. The summed E-state index contributed by atoms with van der Waals surface area (Å²) in [5.41, 5.74) is -1.50. The molecule has 0 bridgehead atoms. The van der Waals surface area contributed by atoms with E-state index in [2.05, 4.69) is 10.4 Å². The largest absolute Gasteiger partial charge is 0.416 e. The van der Waals surface area contributed by atoms with Crippen LogP contribution in [0.2, 0.25) is 5.02 Å². The summed E-state index contributed by atoms with van der Waals surface area (Å²) in [7, 11) is 0. The second-order valence-corrected chi connectivity index (χ2v) is 5.20. The first-order chi connectivity index (χ1) is 11.1. The summed E-state index contributed by atoms with van der Waals surface area (Å²) in [6, 6.07) is 1.52. The lowest BCUT2D eigenvalue weighted by molar-refractivity contribution is -0.385. The molecule has 1 heterocycles. The summed E-state index contributed by atoms with van der Waals surface area (Å²) < 4.78 is 39.1. The Labute approximate surface area is 138 Å². The van der Waals surface area contributed by atoms with E-state index in [1.165, 1.54) is 6.92 Å². The van der Waals surface area contributed by atoms with Gasteiger partial charge in [-0.3, -0.25) is 19.6 Å². The summed E-state index contributed by atoms with van der Waals surface area (Å²) >= 11 is 5.79. The zero-order valence-electron chi connectivity index (χ0n) is 12.0. The van der Waals surface area contributed by atoms with E-state index in [9.17, 15) is 28.1 Å². The van der Waals surface area contributed by atoms with Gasteiger partial charge in [0.1, 0.15) is 18.4 Å². The molecule has 0 unspecified atom stereocenters. The van der Waals surface area contributed by atoms with Crippen molar-refractivity contribution in [2.45, 2.75) is 19.1 Å². The number of nitro groups is 1. The van der Waals surface area contributed by atoms with Gasteiger partial charge in [0.05, 0.1) is 21.2 Å². The minimum absolute atomic E-state index is 0.0741. The van der Waals surface area contributed by atoms with Crippen molar-refractivity contribution < 1.29 is 22.9 Å². The van der Waals surface area contributed by atoms with E-state index in [1.807, 2.05) is 0 Å². The molecule has 0 spiro atoms. The molecule has 2 rings (SSSR count). The van der Waals surface area contributed by atoms with E-state index in [0.717, 1.165) is 29.2 Å². The number of carbonyl (C=O) groups excluding carboxylic acids is 1. The topological polar surface area (TPSA) is 90.1 Å². The third-order valence-corrected chi connectivity index (χ3v) is 3.46. The summed E-state index contributed by atoms with van der Waals surface area (Å²) in [6.45, 7) is 1.38. The minimum Gasteiger partial charge on any atom is -0.323 e. The Bertz CT molecular complexity index is 791. The average molecular weight is 363 g/mol. The van der Waals surface area contributed by atoms with Gasteiger partial charge in [0.25, 0.3) is 0 Å². The standard InChI is InChI=1S/C13H10ClF3N4O3/c1-7(20-6-9(5-18-20)21(23)24)12(22)19-11-4-8(13(15,16)17)2-3-10(11)14/h2-7H,1H3,(H,19,22)/t7-/m0/s1. The van der Waals surface area contributed by atoms with Crippen molar-refractivity contribution >= 4 is 28.9 Å². The molecule has 1 amide bonds. The van der Waals surface area contributed by atoms with Crippen molar-refractivity contribution in [2.75, 3.05) is 5.32 Å². The molecule has 1 N–H and O–H groups in total. The first kappa shape index (κ1) is 17.7. The van der Waals surface area contributed by atoms with Crippen LogP contribution in [0.1, 0.15) is 18.5 Å². The quantitative estimate of drug-likeness (QED) is 0.663. The summed E-state index contributed by atoms with van der Waals surface area (Å²) in [5, 5.41) is 16.5. The van der Waals surface area contributed by atoms with Gasteiger partial charge in [0, 0.05) is 0 Å². The first-order valence-electron chi connectivity index (χ1n) is 6.45.